The largest absolute Gasteiger partial charge is 0.457 e. The van der Waals surface area contributed by atoms with E-state index in [1.165, 1.54) is 6.92 Å². The zero-order chi connectivity index (χ0) is 20.1. The van der Waals surface area contributed by atoms with E-state index in [1.54, 1.807) is 18.3 Å². The number of nitrogens with zero attached hydrogens (tertiary/aromatic N) is 2. The van der Waals surface area contributed by atoms with Crippen LogP contribution in [-0.4, -0.2) is 16.7 Å². The van der Waals surface area contributed by atoms with Gasteiger partial charge in [0.2, 0.25) is 5.90 Å². The van der Waals surface area contributed by atoms with E-state index >= 15 is 0 Å². The molecular weight excluding hydrogens is 368 g/mol. The highest BCUT2D eigenvalue weighted by Gasteiger charge is 2.24. The maximum atomic E-state index is 11.1. The smallest absolute Gasteiger partial charge is 0.235 e. The Morgan fingerprint density at radius 1 is 0.966 bits per heavy atom. The van der Waals surface area contributed by atoms with Gasteiger partial charge in [0.05, 0.1) is 12.6 Å². The number of oxime groups is 1. The first kappa shape index (κ1) is 18.7. The third kappa shape index (κ3) is 4.99. The number of ether oxygens (including phenoxy) is 2. The van der Waals surface area contributed by atoms with Crippen molar-refractivity contribution < 1.29 is 19.1 Å². The highest BCUT2D eigenvalue weighted by atomic mass is 16.7. The second-order valence-corrected chi connectivity index (χ2v) is 6.73. The SMILES string of the molecule is CC(=O)Cc1ccc(OC2=NO[C@@H](c3ccc(Oc4ccccc4)cc3)C2)cn1. The molecule has 2 heterocycles. The molecule has 146 valence electrons. The Kier molecular flexibility index (Phi) is 5.52. The normalized spacial score (nSPS) is 15.3. The lowest BCUT2D eigenvalue weighted by Crippen LogP contribution is -2.08. The van der Waals surface area contributed by atoms with Gasteiger partial charge in [-0.1, -0.05) is 35.5 Å². The first-order chi connectivity index (χ1) is 14.2. The van der Waals surface area contributed by atoms with Gasteiger partial charge in [-0.2, -0.15) is 0 Å². The number of benzene rings is 2. The summed E-state index contributed by atoms with van der Waals surface area (Å²) in [5.74, 6) is 2.67. The summed E-state index contributed by atoms with van der Waals surface area (Å²) in [5.41, 5.74) is 1.70. The highest BCUT2D eigenvalue weighted by molar-refractivity contribution is 5.80. The highest BCUT2D eigenvalue weighted by Crippen LogP contribution is 2.30. The third-order valence-corrected chi connectivity index (χ3v) is 4.34. The standard InChI is InChI=1S/C23H20N2O4/c1-16(26)13-18-9-12-21(15-24-18)28-23-14-22(29-25-23)17-7-10-20(11-8-17)27-19-5-3-2-4-6-19/h2-12,15,22H,13-14H2,1H3/t22-/m1/s1. The molecule has 0 fully saturated rings. The Balaban J connectivity index is 1.32. The van der Waals surface area contributed by atoms with Gasteiger partial charge in [0.25, 0.3) is 0 Å². The van der Waals surface area contributed by atoms with Crippen LogP contribution < -0.4 is 9.47 Å². The zero-order valence-electron chi connectivity index (χ0n) is 15.9. The van der Waals surface area contributed by atoms with Gasteiger partial charge in [0.15, 0.2) is 6.10 Å². The van der Waals surface area contributed by atoms with Crippen molar-refractivity contribution in [1.82, 2.24) is 4.98 Å². The van der Waals surface area contributed by atoms with Crippen molar-refractivity contribution in [3.8, 4) is 17.2 Å². The summed E-state index contributed by atoms with van der Waals surface area (Å²) in [6.45, 7) is 1.54. The van der Waals surface area contributed by atoms with E-state index in [0.717, 1.165) is 17.1 Å². The molecule has 0 bridgehead atoms. The predicted octanol–water partition coefficient (Wildman–Crippen LogP) is 4.86. The summed E-state index contributed by atoms with van der Waals surface area (Å²) < 4.78 is 11.6. The summed E-state index contributed by atoms with van der Waals surface area (Å²) in [4.78, 5) is 20.9. The average Bonchev–Trinajstić information content (AvgIpc) is 3.19. The molecule has 4 rings (SSSR count). The fourth-order valence-electron chi connectivity index (χ4n) is 2.94. The predicted molar refractivity (Wildman–Crippen MR) is 108 cm³/mol. The molecular formula is C23H20N2O4. The van der Waals surface area contributed by atoms with Crippen molar-refractivity contribution >= 4 is 11.7 Å². The summed E-state index contributed by atoms with van der Waals surface area (Å²) >= 11 is 0. The number of aromatic nitrogens is 1. The average molecular weight is 388 g/mol. The van der Waals surface area contributed by atoms with Gasteiger partial charge in [0.1, 0.15) is 23.0 Å². The van der Waals surface area contributed by atoms with Crippen molar-refractivity contribution in [3.63, 3.8) is 0 Å². The summed E-state index contributed by atoms with van der Waals surface area (Å²) in [5, 5.41) is 4.03. The van der Waals surface area contributed by atoms with Crippen molar-refractivity contribution in [2.45, 2.75) is 25.9 Å². The molecule has 0 saturated carbocycles. The minimum atomic E-state index is -0.208. The van der Waals surface area contributed by atoms with Crippen molar-refractivity contribution in [2.75, 3.05) is 0 Å². The molecule has 0 N–H and O–H groups in total. The molecule has 3 aromatic rings. The fourth-order valence-corrected chi connectivity index (χ4v) is 2.94. The van der Waals surface area contributed by atoms with Crippen LogP contribution in [0.5, 0.6) is 17.2 Å². The monoisotopic (exact) mass is 388 g/mol. The lowest BCUT2D eigenvalue weighted by atomic mass is 10.1. The van der Waals surface area contributed by atoms with Crippen LogP contribution in [0.15, 0.2) is 78.1 Å². The number of carbonyl (C=O) groups excluding carboxylic acids is 1. The molecule has 6 nitrogen and oxygen atoms in total. The van der Waals surface area contributed by atoms with Crippen molar-refractivity contribution in [2.24, 2.45) is 5.16 Å². The molecule has 6 heteroatoms. The molecule has 0 aliphatic carbocycles. The number of para-hydroxylation sites is 1. The molecule has 0 radical (unpaired) electrons. The van der Waals surface area contributed by atoms with Crippen LogP contribution in [0.25, 0.3) is 0 Å². The number of Topliss-reactive ketones (excluding diaryl/α,β-unsaturated/α-hetero) is 1. The fraction of sp³-hybridized carbons (Fsp3) is 0.174. The van der Waals surface area contributed by atoms with E-state index in [4.69, 9.17) is 14.3 Å². The molecule has 0 unspecified atom stereocenters. The van der Waals surface area contributed by atoms with Gasteiger partial charge < -0.3 is 14.3 Å². The summed E-state index contributed by atoms with van der Waals surface area (Å²) in [6.07, 6.45) is 2.22. The van der Waals surface area contributed by atoms with Crippen LogP contribution in [0.1, 0.15) is 30.7 Å². The van der Waals surface area contributed by atoms with E-state index in [-0.39, 0.29) is 11.9 Å². The van der Waals surface area contributed by atoms with Crippen LogP contribution in [0.3, 0.4) is 0 Å². The number of carbonyl (C=O) groups is 1. The van der Waals surface area contributed by atoms with Crippen LogP contribution in [-0.2, 0) is 16.1 Å². The Morgan fingerprint density at radius 3 is 2.38 bits per heavy atom. The molecule has 29 heavy (non-hydrogen) atoms. The van der Waals surface area contributed by atoms with E-state index < -0.39 is 0 Å². The molecule has 0 spiro atoms. The summed E-state index contributed by atoms with van der Waals surface area (Å²) in [7, 11) is 0. The number of hydrogen-bond acceptors (Lipinski definition) is 6. The lowest BCUT2D eigenvalue weighted by molar-refractivity contribution is -0.116. The molecule has 1 aliphatic heterocycles. The maximum Gasteiger partial charge on any atom is 0.235 e. The molecule has 0 amide bonds. The molecule has 1 aromatic heterocycles. The van der Waals surface area contributed by atoms with E-state index in [2.05, 4.69) is 10.1 Å². The zero-order valence-corrected chi connectivity index (χ0v) is 15.9. The van der Waals surface area contributed by atoms with E-state index in [9.17, 15) is 4.79 Å². The molecule has 0 saturated heterocycles. The molecule has 1 atom stereocenters. The second-order valence-electron chi connectivity index (χ2n) is 6.73. The van der Waals surface area contributed by atoms with Crippen LogP contribution in [0.4, 0.5) is 0 Å². The Labute approximate surface area is 168 Å². The number of ketones is 1. The topological polar surface area (TPSA) is 70.0 Å². The van der Waals surface area contributed by atoms with Crippen LogP contribution in [0.2, 0.25) is 0 Å². The lowest BCUT2D eigenvalue weighted by Gasteiger charge is -2.10. The summed E-state index contributed by atoms with van der Waals surface area (Å²) in [6, 6.07) is 20.9. The number of rotatable bonds is 6. The van der Waals surface area contributed by atoms with Crippen molar-refractivity contribution in [1.29, 1.82) is 0 Å². The minimum Gasteiger partial charge on any atom is -0.457 e. The first-order valence-corrected chi connectivity index (χ1v) is 9.33. The van der Waals surface area contributed by atoms with Gasteiger partial charge in [0, 0.05) is 12.1 Å². The van der Waals surface area contributed by atoms with Gasteiger partial charge in [-0.15, -0.1) is 0 Å². The maximum absolute atomic E-state index is 11.1. The quantitative estimate of drug-likeness (QED) is 0.603. The number of hydrogen-bond donors (Lipinski definition) is 0. The first-order valence-electron chi connectivity index (χ1n) is 9.33. The van der Waals surface area contributed by atoms with Crippen LogP contribution >= 0.6 is 0 Å². The van der Waals surface area contributed by atoms with E-state index in [1.807, 2.05) is 54.6 Å². The van der Waals surface area contributed by atoms with Crippen LogP contribution in [0, 0.1) is 0 Å². The van der Waals surface area contributed by atoms with Gasteiger partial charge in [-0.3, -0.25) is 9.78 Å². The van der Waals surface area contributed by atoms with E-state index in [0.29, 0.717) is 30.2 Å². The second kappa shape index (κ2) is 8.56. The van der Waals surface area contributed by atoms with Gasteiger partial charge in [-0.25, -0.2) is 0 Å². The van der Waals surface area contributed by atoms with Crippen molar-refractivity contribution in [3.05, 3.63) is 84.2 Å². The number of pyridine rings is 1. The Morgan fingerprint density at radius 2 is 1.69 bits per heavy atom. The molecule has 2 aromatic carbocycles. The Hall–Kier alpha value is -3.67. The van der Waals surface area contributed by atoms with Gasteiger partial charge >= 0.3 is 0 Å². The Bertz CT molecular complexity index is 999. The minimum absolute atomic E-state index is 0.0720. The molecule has 1 aliphatic rings. The van der Waals surface area contributed by atoms with Gasteiger partial charge in [-0.05, 0) is 48.9 Å². The third-order valence-electron chi connectivity index (χ3n) is 4.34.